The smallest absolute Gasteiger partial charge is 0.318 e. The molecule has 7 nitrogen and oxygen atoms in total. The van der Waals surface area contributed by atoms with Gasteiger partial charge in [-0.05, 0) is 24.3 Å². The molecule has 1 fully saturated rings. The molecule has 1 aliphatic heterocycles. The van der Waals surface area contributed by atoms with E-state index in [1.165, 1.54) is 16.4 Å². The molecule has 0 spiro atoms. The maximum atomic E-state index is 12.6. The summed E-state index contributed by atoms with van der Waals surface area (Å²) in [6.45, 7) is 5.70. The summed E-state index contributed by atoms with van der Waals surface area (Å²) in [5.41, 5.74) is 0. The lowest BCUT2D eigenvalue weighted by molar-refractivity contribution is 0.367. The van der Waals surface area contributed by atoms with Crippen LogP contribution in [0.3, 0.4) is 0 Å². The minimum Gasteiger partial charge on any atom is -0.408 e. The van der Waals surface area contributed by atoms with Gasteiger partial charge < -0.3 is 9.32 Å². The molecule has 9 heteroatoms. The van der Waals surface area contributed by atoms with Crippen LogP contribution >= 0.6 is 11.6 Å². The highest BCUT2D eigenvalue weighted by Crippen LogP contribution is 2.23. The van der Waals surface area contributed by atoms with Gasteiger partial charge in [0.25, 0.3) is 0 Å². The molecule has 1 saturated heterocycles. The summed E-state index contributed by atoms with van der Waals surface area (Å²) < 4.78 is 32.4. The molecule has 0 aliphatic carbocycles. The zero-order valence-electron chi connectivity index (χ0n) is 13.5. The maximum absolute atomic E-state index is 12.6. The van der Waals surface area contributed by atoms with Crippen LogP contribution in [-0.2, 0) is 10.0 Å². The maximum Gasteiger partial charge on any atom is 0.318 e. The number of anilines is 1. The Morgan fingerprint density at radius 1 is 1.08 bits per heavy atom. The number of hydrogen-bond donors (Lipinski definition) is 0. The highest BCUT2D eigenvalue weighted by atomic mass is 35.5. The lowest BCUT2D eigenvalue weighted by Gasteiger charge is -2.32. The van der Waals surface area contributed by atoms with Crippen molar-refractivity contribution in [2.24, 2.45) is 0 Å². The summed E-state index contributed by atoms with van der Waals surface area (Å²) in [5, 5.41) is 8.56. The zero-order valence-corrected chi connectivity index (χ0v) is 15.1. The molecule has 0 saturated carbocycles. The molecule has 130 valence electrons. The Kier molecular flexibility index (Phi) is 4.80. The number of halogens is 1. The van der Waals surface area contributed by atoms with Crippen LogP contribution in [0.15, 0.2) is 33.6 Å². The molecule has 24 heavy (non-hydrogen) atoms. The van der Waals surface area contributed by atoms with Crippen molar-refractivity contribution in [3.05, 3.63) is 35.2 Å². The van der Waals surface area contributed by atoms with Gasteiger partial charge in [-0.2, -0.15) is 4.31 Å². The molecule has 0 atom stereocenters. The molecule has 0 N–H and O–H groups in total. The third kappa shape index (κ3) is 3.40. The molecule has 1 aliphatic rings. The van der Waals surface area contributed by atoms with Crippen molar-refractivity contribution >= 4 is 27.6 Å². The molecular weight excluding hydrogens is 352 g/mol. The van der Waals surface area contributed by atoms with E-state index in [1.807, 2.05) is 18.7 Å². The lowest BCUT2D eigenvalue weighted by atomic mass is 10.2. The summed E-state index contributed by atoms with van der Waals surface area (Å²) in [6.07, 6.45) is 0. The molecule has 3 rings (SSSR count). The van der Waals surface area contributed by atoms with E-state index in [1.54, 1.807) is 12.1 Å². The summed E-state index contributed by atoms with van der Waals surface area (Å²) >= 11 is 5.82. The van der Waals surface area contributed by atoms with E-state index in [0.717, 1.165) is 0 Å². The van der Waals surface area contributed by atoms with Crippen molar-refractivity contribution < 1.29 is 12.8 Å². The van der Waals surface area contributed by atoms with Crippen LogP contribution in [0.2, 0.25) is 5.02 Å². The fourth-order valence-corrected chi connectivity index (χ4v) is 4.01. The number of nitrogens with zero attached hydrogens (tertiary/aromatic N) is 4. The summed E-state index contributed by atoms with van der Waals surface area (Å²) in [5.74, 6) is 0.749. The van der Waals surface area contributed by atoms with Gasteiger partial charge in [0.1, 0.15) is 0 Å². The van der Waals surface area contributed by atoms with Crippen LogP contribution in [0, 0.1) is 0 Å². The van der Waals surface area contributed by atoms with E-state index in [2.05, 4.69) is 10.2 Å². The number of sulfonamides is 1. The van der Waals surface area contributed by atoms with E-state index in [9.17, 15) is 8.42 Å². The Morgan fingerprint density at radius 3 is 2.25 bits per heavy atom. The third-order valence-electron chi connectivity index (χ3n) is 3.88. The van der Waals surface area contributed by atoms with Gasteiger partial charge in [0.05, 0.1) is 4.90 Å². The van der Waals surface area contributed by atoms with Crippen LogP contribution in [0.1, 0.15) is 25.7 Å². The van der Waals surface area contributed by atoms with Crippen molar-refractivity contribution in [3.8, 4) is 0 Å². The Balaban J connectivity index is 1.68. The van der Waals surface area contributed by atoms with Crippen LogP contribution in [0.25, 0.3) is 0 Å². The molecule has 0 radical (unpaired) electrons. The average Bonchev–Trinajstić information content (AvgIpc) is 3.06. The van der Waals surface area contributed by atoms with Gasteiger partial charge in [0.2, 0.25) is 15.9 Å². The number of hydrogen-bond acceptors (Lipinski definition) is 6. The van der Waals surface area contributed by atoms with E-state index in [0.29, 0.717) is 43.1 Å². The first-order valence-electron chi connectivity index (χ1n) is 7.72. The molecule has 1 aromatic carbocycles. The van der Waals surface area contributed by atoms with Gasteiger partial charge in [0.15, 0.2) is 0 Å². The van der Waals surface area contributed by atoms with Crippen LogP contribution in [-0.4, -0.2) is 49.1 Å². The van der Waals surface area contributed by atoms with Gasteiger partial charge in [-0.1, -0.05) is 30.5 Å². The number of piperazine rings is 1. The second kappa shape index (κ2) is 6.70. The van der Waals surface area contributed by atoms with Gasteiger partial charge in [0, 0.05) is 37.1 Å². The first-order valence-corrected chi connectivity index (χ1v) is 9.54. The standard InChI is InChI=1S/C15H19ClN4O3S/c1-11(2)14-17-18-15(23-14)19-7-9-20(10-8-19)24(21,22)13-5-3-12(16)4-6-13/h3-6,11H,7-10H2,1-2H3. The predicted octanol–water partition coefficient (Wildman–Crippen LogP) is 2.36. The van der Waals surface area contributed by atoms with Crippen molar-refractivity contribution in [2.75, 3.05) is 31.1 Å². The van der Waals surface area contributed by atoms with E-state index in [-0.39, 0.29) is 10.8 Å². The highest BCUT2D eigenvalue weighted by molar-refractivity contribution is 7.89. The van der Waals surface area contributed by atoms with Crippen molar-refractivity contribution in [1.82, 2.24) is 14.5 Å². The Morgan fingerprint density at radius 2 is 1.71 bits per heavy atom. The fourth-order valence-electron chi connectivity index (χ4n) is 2.46. The second-order valence-corrected chi connectivity index (χ2v) is 8.30. The summed E-state index contributed by atoms with van der Waals surface area (Å²) in [7, 11) is -3.51. The molecule has 2 heterocycles. The Bertz CT molecular complexity index is 796. The Labute approximate surface area is 146 Å². The van der Waals surface area contributed by atoms with E-state index >= 15 is 0 Å². The van der Waals surface area contributed by atoms with Gasteiger partial charge in [-0.3, -0.25) is 0 Å². The number of rotatable bonds is 4. The molecule has 1 aromatic heterocycles. The zero-order chi connectivity index (χ0) is 17.3. The number of benzene rings is 1. The average molecular weight is 371 g/mol. The van der Waals surface area contributed by atoms with E-state index in [4.69, 9.17) is 16.0 Å². The third-order valence-corrected chi connectivity index (χ3v) is 6.05. The van der Waals surface area contributed by atoms with Crippen molar-refractivity contribution in [3.63, 3.8) is 0 Å². The van der Waals surface area contributed by atoms with Crippen LogP contribution in [0.5, 0.6) is 0 Å². The van der Waals surface area contributed by atoms with Crippen molar-refractivity contribution in [2.45, 2.75) is 24.7 Å². The van der Waals surface area contributed by atoms with E-state index < -0.39 is 10.0 Å². The highest BCUT2D eigenvalue weighted by Gasteiger charge is 2.30. The quantitative estimate of drug-likeness (QED) is 0.821. The molecule has 0 amide bonds. The van der Waals surface area contributed by atoms with Gasteiger partial charge in [-0.15, -0.1) is 5.10 Å². The number of aromatic nitrogens is 2. The molecule has 0 bridgehead atoms. The minimum atomic E-state index is -3.51. The first kappa shape index (κ1) is 17.2. The fraction of sp³-hybridized carbons (Fsp3) is 0.467. The monoisotopic (exact) mass is 370 g/mol. The Hall–Kier alpha value is -1.64. The summed E-state index contributed by atoms with van der Waals surface area (Å²) in [4.78, 5) is 2.16. The second-order valence-electron chi connectivity index (χ2n) is 5.92. The van der Waals surface area contributed by atoms with Crippen LogP contribution in [0.4, 0.5) is 6.01 Å². The van der Waals surface area contributed by atoms with Gasteiger partial charge in [-0.25, -0.2) is 8.42 Å². The SMILES string of the molecule is CC(C)c1nnc(N2CCN(S(=O)(=O)c3ccc(Cl)cc3)CC2)o1. The molecular formula is C15H19ClN4O3S. The van der Waals surface area contributed by atoms with Crippen LogP contribution < -0.4 is 4.90 Å². The predicted molar refractivity (Wildman–Crippen MR) is 90.8 cm³/mol. The normalized spacial score (nSPS) is 16.8. The summed E-state index contributed by atoms with van der Waals surface area (Å²) in [6, 6.07) is 6.66. The van der Waals surface area contributed by atoms with Gasteiger partial charge >= 0.3 is 6.01 Å². The first-order chi connectivity index (χ1) is 11.4. The lowest BCUT2D eigenvalue weighted by Crippen LogP contribution is -2.48. The van der Waals surface area contributed by atoms with Crippen molar-refractivity contribution in [1.29, 1.82) is 0 Å². The molecule has 0 unspecified atom stereocenters. The largest absolute Gasteiger partial charge is 0.408 e. The minimum absolute atomic E-state index is 0.165. The molecule has 2 aromatic rings. The topological polar surface area (TPSA) is 79.5 Å².